The Morgan fingerprint density at radius 3 is 2.69 bits per heavy atom. The predicted octanol–water partition coefficient (Wildman–Crippen LogP) is 5.93. The molecule has 5 nitrogen and oxygen atoms in total. The second-order valence-electron chi connectivity index (χ2n) is 9.28. The van der Waals surface area contributed by atoms with E-state index in [4.69, 9.17) is 21.3 Å². The number of ether oxygens (including phenoxy) is 1. The van der Waals surface area contributed by atoms with Gasteiger partial charge in [-0.15, -0.1) is 0 Å². The highest BCUT2D eigenvalue weighted by molar-refractivity contribution is 6.32. The summed E-state index contributed by atoms with van der Waals surface area (Å²) < 4.78 is 20.0. The first kappa shape index (κ1) is 23.5. The molecule has 2 aliphatic rings. The molecule has 5 rings (SSSR count). The Morgan fingerprint density at radius 1 is 1.14 bits per heavy atom. The minimum atomic E-state index is -0.538. The number of pyridine rings is 1. The van der Waals surface area contributed by atoms with Crippen LogP contribution in [0.15, 0.2) is 42.5 Å². The van der Waals surface area contributed by atoms with Crippen LogP contribution in [0, 0.1) is 11.7 Å². The van der Waals surface area contributed by atoms with Crippen LogP contribution in [0.4, 0.5) is 4.39 Å². The lowest BCUT2D eigenvalue weighted by molar-refractivity contribution is -0.135. The highest BCUT2D eigenvalue weighted by Crippen LogP contribution is 2.38. The number of piperidine rings is 1. The number of amides is 1. The molecule has 3 aromatic rings. The zero-order valence-electron chi connectivity index (χ0n) is 19.5. The molecule has 1 aliphatic carbocycles. The van der Waals surface area contributed by atoms with Gasteiger partial charge in [0.25, 0.3) is 5.91 Å². The summed E-state index contributed by atoms with van der Waals surface area (Å²) in [5.41, 5.74) is 3.58. The van der Waals surface area contributed by atoms with Crippen LogP contribution in [-0.4, -0.2) is 41.5 Å². The van der Waals surface area contributed by atoms with Crippen LogP contribution in [0.3, 0.4) is 0 Å². The summed E-state index contributed by atoms with van der Waals surface area (Å²) in [6, 6.07) is 11.9. The number of rotatable bonds is 4. The second kappa shape index (κ2) is 9.78. The van der Waals surface area contributed by atoms with Crippen LogP contribution >= 0.6 is 11.6 Å². The minimum absolute atomic E-state index is 0.171. The van der Waals surface area contributed by atoms with Gasteiger partial charge in [-0.25, -0.2) is 14.2 Å². The van der Waals surface area contributed by atoms with Crippen LogP contribution in [0.1, 0.15) is 53.4 Å². The van der Waals surface area contributed by atoms with E-state index in [0.29, 0.717) is 64.6 Å². The Kier molecular flexibility index (Phi) is 6.56. The lowest BCUT2D eigenvalue weighted by atomic mass is 9.99. The lowest BCUT2D eigenvalue weighted by Gasteiger charge is -2.30. The molecule has 35 heavy (non-hydrogen) atoms. The molecule has 0 radical (unpaired) electrons. The zero-order valence-corrected chi connectivity index (χ0v) is 20.3. The monoisotopic (exact) mass is 492 g/mol. The van der Waals surface area contributed by atoms with E-state index in [2.05, 4.69) is 6.92 Å². The van der Waals surface area contributed by atoms with Gasteiger partial charge >= 0.3 is 5.97 Å². The van der Waals surface area contributed by atoms with Crippen molar-refractivity contribution in [3.8, 4) is 0 Å². The maximum Gasteiger partial charge on any atom is 0.339 e. The van der Waals surface area contributed by atoms with Crippen molar-refractivity contribution in [2.75, 3.05) is 19.7 Å². The van der Waals surface area contributed by atoms with Crippen molar-refractivity contribution in [1.82, 2.24) is 9.88 Å². The summed E-state index contributed by atoms with van der Waals surface area (Å²) in [5, 5.41) is 0.998. The van der Waals surface area contributed by atoms with Crippen molar-refractivity contribution < 1.29 is 18.7 Å². The van der Waals surface area contributed by atoms with Crippen LogP contribution in [0.2, 0.25) is 5.02 Å². The van der Waals surface area contributed by atoms with Crippen LogP contribution in [-0.2, 0) is 16.0 Å². The smallest absolute Gasteiger partial charge is 0.339 e. The molecule has 0 unspecified atom stereocenters. The molecule has 7 heteroatoms. The average Bonchev–Trinajstić information content (AvgIpc) is 3.25. The number of benzene rings is 2. The van der Waals surface area contributed by atoms with Gasteiger partial charge in [-0.05, 0) is 67.0 Å². The molecular formula is C28H26ClFN2O3. The summed E-state index contributed by atoms with van der Waals surface area (Å²) in [5.74, 6) is -0.517. The molecule has 1 saturated heterocycles. The van der Waals surface area contributed by atoms with Crippen LogP contribution in [0.25, 0.3) is 22.6 Å². The molecule has 180 valence electrons. The van der Waals surface area contributed by atoms with Gasteiger partial charge in [0, 0.05) is 24.0 Å². The van der Waals surface area contributed by atoms with Gasteiger partial charge in [0.05, 0.1) is 21.8 Å². The Labute approximate surface area is 208 Å². The van der Waals surface area contributed by atoms with E-state index in [0.717, 1.165) is 24.0 Å². The van der Waals surface area contributed by atoms with E-state index in [-0.39, 0.29) is 12.5 Å². The predicted molar refractivity (Wildman–Crippen MR) is 135 cm³/mol. The van der Waals surface area contributed by atoms with E-state index < -0.39 is 11.8 Å². The van der Waals surface area contributed by atoms with E-state index in [9.17, 15) is 14.0 Å². The van der Waals surface area contributed by atoms with Crippen molar-refractivity contribution in [2.24, 2.45) is 5.92 Å². The molecule has 1 fully saturated rings. The number of halogens is 2. The molecule has 1 aliphatic heterocycles. The molecule has 0 spiro atoms. The number of nitrogens with zero attached hydrogens (tertiary/aromatic N) is 2. The van der Waals surface area contributed by atoms with Gasteiger partial charge in [0.2, 0.25) is 0 Å². The van der Waals surface area contributed by atoms with Gasteiger partial charge in [0.15, 0.2) is 6.61 Å². The summed E-state index contributed by atoms with van der Waals surface area (Å²) in [6.07, 6.45) is 4.79. The standard InChI is InChI=1S/C28H26ClFN2O3/c1-17-11-13-32(14-12-17)25(33)16-35-28(34)26-19-5-2-3-8-24(19)31-27-18(9-10-20(26)27)15-21-22(29)6-4-7-23(21)30/h2-8,15,17H,9-14,16H2,1H3. The van der Waals surface area contributed by atoms with E-state index >= 15 is 0 Å². The maximum atomic E-state index is 14.4. The average molecular weight is 493 g/mol. The third-order valence-corrected chi connectivity index (χ3v) is 7.26. The Hall–Kier alpha value is -3.25. The third kappa shape index (κ3) is 4.67. The fourth-order valence-corrected chi connectivity index (χ4v) is 5.10. The molecular weight excluding hydrogens is 467 g/mol. The number of hydrogen-bond acceptors (Lipinski definition) is 4. The number of aromatic nitrogens is 1. The highest BCUT2D eigenvalue weighted by Gasteiger charge is 2.29. The van der Waals surface area contributed by atoms with Gasteiger partial charge in [0.1, 0.15) is 5.82 Å². The largest absolute Gasteiger partial charge is 0.452 e. The van der Waals surface area contributed by atoms with E-state index in [1.165, 1.54) is 6.07 Å². The third-order valence-electron chi connectivity index (χ3n) is 6.93. The zero-order chi connectivity index (χ0) is 24.5. The molecule has 2 heterocycles. The molecule has 0 saturated carbocycles. The van der Waals surface area contributed by atoms with E-state index in [1.807, 2.05) is 24.3 Å². The Bertz CT molecular complexity index is 1330. The van der Waals surface area contributed by atoms with Gasteiger partial charge in [-0.1, -0.05) is 42.8 Å². The minimum Gasteiger partial charge on any atom is -0.452 e. The van der Waals surface area contributed by atoms with Crippen molar-refractivity contribution in [1.29, 1.82) is 0 Å². The first-order valence-electron chi connectivity index (χ1n) is 11.9. The maximum absolute atomic E-state index is 14.4. The van der Waals surface area contributed by atoms with Gasteiger partial charge in [-0.2, -0.15) is 0 Å². The number of fused-ring (bicyclic) bond motifs is 2. The van der Waals surface area contributed by atoms with Crippen molar-refractivity contribution >= 4 is 46.0 Å². The molecule has 0 N–H and O–H groups in total. The fourth-order valence-electron chi connectivity index (χ4n) is 4.88. The SMILES string of the molecule is CC1CCN(C(=O)COC(=O)c2c3c(nc4ccccc24)C(=Cc2c(F)cccc2Cl)CC3)CC1. The van der Waals surface area contributed by atoms with Crippen molar-refractivity contribution in [3.63, 3.8) is 0 Å². The van der Waals surface area contributed by atoms with Gasteiger partial charge < -0.3 is 9.64 Å². The molecule has 1 aromatic heterocycles. The number of likely N-dealkylation sites (tertiary alicyclic amines) is 1. The van der Waals surface area contributed by atoms with Crippen LogP contribution < -0.4 is 0 Å². The quantitative estimate of drug-likeness (QED) is 0.423. The Balaban J connectivity index is 1.47. The number of carbonyl (C=O) groups excluding carboxylic acids is 2. The summed E-state index contributed by atoms with van der Waals surface area (Å²) in [6.45, 7) is 3.28. The second-order valence-corrected chi connectivity index (χ2v) is 9.68. The number of para-hydroxylation sites is 1. The molecule has 0 atom stereocenters. The van der Waals surface area contributed by atoms with E-state index in [1.54, 1.807) is 23.1 Å². The summed E-state index contributed by atoms with van der Waals surface area (Å²) in [7, 11) is 0. The lowest BCUT2D eigenvalue weighted by Crippen LogP contribution is -2.40. The topological polar surface area (TPSA) is 59.5 Å². The number of carbonyl (C=O) groups is 2. The van der Waals surface area contributed by atoms with Crippen molar-refractivity contribution in [3.05, 3.63) is 75.7 Å². The van der Waals surface area contributed by atoms with Crippen molar-refractivity contribution in [2.45, 2.75) is 32.6 Å². The van der Waals surface area contributed by atoms with Gasteiger partial charge in [-0.3, -0.25) is 4.79 Å². The number of allylic oxidation sites excluding steroid dienone is 1. The Morgan fingerprint density at radius 2 is 1.91 bits per heavy atom. The first-order valence-corrected chi connectivity index (χ1v) is 12.3. The number of hydrogen-bond donors (Lipinski definition) is 0. The molecule has 2 aromatic carbocycles. The summed E-state index contributed by atoms with van der Waals surface area (Å²) in [4.78, 5) is 32.5. The van der Waals surface area contributed by atoms with Crippen LogP contribution in [0.5, 0.6) is 0 Å². The first-order chi connectivity index (χ1) is 16.9. The fraction of sp³-hybridized carbons (Fsp3) is 0.321. The molecule has 0 bridgehead atoms. The molecule has 1 amide bonds. The number of esters is 1. The highest BCUT2D eigenvalue weighted by atomic mass is 35.5. The normalized spacial score (nSPS) is 17.1. The summed E-state index contributed by atoms with van der Waals surface area (Å²) >= 11 is 6.24.